The van der Waals surface area contributed by atoms with Crippen molar-refractivity contribution in [3.05, 3.63) is 24.3 Å². The number of carbonyl (C=O) groups is 2. The van der Waals surface area contributed by atoms with Gasteiger partial charge in [0.1, 0.15) is 11.4 Å². The lowest BCUT2D eigenvalue weighted by atomic mass is 9.99. The molecule has 0 bridgehead atoms. The third kappa shape index (κ3) is 6.28. The molecule has 23 heavy (non-hydrogen) atoms. The van der Waals surface area contributed by atoms with E-state index in [2.05, 4.69) is 5.32 Å². The standard InChI is InChI=1S/C17H26N2O4/c1-4-10-17(3,23-11-5-2)16(21)19-13-6-8-14(9-7-13)22-12-15(18)20/h6-9H,4-5,10-12H2,1-3H3,(H2,18,20)(H,19,21). The number of nitrogens with one attached hydrogen (secondary N) is 1. The molecule has 0 fully saturated rings. The summed E-state index contributed by atoms with van der Waals surface area (Å²) >= 11 is 0. The molecule has 0 aromatic heterocycles. The van der Waals surface area contributed by atoms with Gasteiger partial charge in [0.2, 0.25) is 0 Å². The molecule has 1 aromatic carbocycles. The van der Waals surface area contributed by atoms with Crippen molar-refractivity contribution in [2.24, 2.45) is 5.73 Å². The highest BCUT2D eigenvalue weighted by Crippen LogP contribution is 2.22. The fraction of sp³-hybridized carbons (Fsp3) is 0.529. The maximum absolute atomic E-state index is 12.5. The van der Waals surface area contributed by atoms with Gasteiger partial charge < -0.3 is 20.5 Å². The lowest BCUT2D eigenvalue weighted by Gasteiger charge is -2.28. The Morgan fingerprint density at radius 1 is 1.17 bits per heavy atom. The Morgan fingerprint density at radius 3 is 2.35 bits per heavy atom. The third-order valence-electron chi connectivity index (χ3n) is 3.33. The van der Waals surface area contributed by atoms with Gasteiger partial charge in [-0.15, -0.1) is 0 Å². The first-order valence-electron chi connectivity index (χ1n) is 7.88. The zero-order chi connectivity index (χ0) is 17.3. The zero-order valence-electron chi connectivity index (χ0n) is 14.1. The molecule has 1 rings (SSSR count). The summed E-state index contributed by atoms with van der Waals surface area (Å²) < 4.78 is 10.9. The molecule has 0 radical (unpaired) electrons. The first kappa shape index (κ1) is 19.0. The number of hydrogen-bond acceptors (Lipinski definition) is 4. The van der Waals surface area contributed by atoms with E-state index in [0.717, 1.165) is 12.8 Å². The number of primary amides is 1. The van der Waals surface area contributed by atoms with Crippen molar-refractivity contribution in [1.29, 1.82) is 0 Å². The van der Waals surface area contributed by atoms with Crippen LogP contribution in [-0.4, -0.2) is 30.6 Å². The SMILES string of the molecule is CCCOC(C)(CCC)C(=O)Nc1ccc(OCC(N)=O)cc1. The van der Waals surface area contributed by atoms with E-state index in [1.807, 2.05) is 20.8 Å². The molecule has 0 aliphatic rings. The average molecular weight is 322 g/mol. The number of anilines is 1. The van der Waals surface area contributed by atoms with Gasteiger partial charge in [0.25, 0.3) is 11.8 Å². The minimum Gasteiger partial charge on any atom is -0.484 e. The molecule has 1 aromatic rings. The molecule has 0 aliphatic carbocycles. The van der Waals surface area contributed by atoms with Crippen molar-refractivity contribution < 1.29 is 19.1 Å². The van der Waals surface area contributed by atoms with Crippen LogP contribution in [-0.2, 0) is 14.3 Å². The maximum atomic E-state index is 12.5. The first-order valence-corrected chi connectivity index (χ1v) is 7.88. The molecule has 1 atom stereocenters. The number of amides is 2. The van der Waals surface area contributed by atoms with E-state index >= 15 is 0 Å². The Balaban J connectivity index is 2.68. The molecule has 1 unspecified atom stereocenters. The molecule has 0 spiro atoms. The zero-order valence-corrected chi connectivity index (χ0v) is 14.1. The number of benzene rings is 1. The van der Waals surface area contributed by atoms with Crippen LogP contribution in [0.3, 0.4) is 0 Å². The molecule has 6 nitrogen and oxygen atoms in total. The van der Waals surface area contributed by atoms with Gasteiger partial charge in [0, 0.05) is 12.3 Å². The summed E-state index contributed by atoms with van der Waals surface area (Å²) in [4.78, 5) is 23.2. The van der Waals surface area contributed by atoms with Crippen LogP contribution >= 0.6 is 0 Å². The van der Waals surface area contributed by atoms with Crippen molar-refractivity contribution in [3.63, 3.8) is 0 Å². The fourth-order valence-corrected chi connectivity index (χ4v) is 2.11. The van der Waals surface area contributed by atoms with E-state index in [9.17, 15) is 9.59 Å². The van der Waals surface area contributed by atoms with Crippen molar-refractivity contribution >= 4 is 17.5 Å². The summed E-state index contributed by atoms with van der Waals surface area (Å²) in [7, 11) is 0. The minimum atomic E-state index is -0.841. The van der Waals surface area contributed by atoms with Crippen LogP contribution in [0.5, 0.6) is 5.75 Å². The van der Waals surface area contributed by atoms with Crippen LogP contribution in [0.2, 0.25) is 0 Å². The normalized spacial score (nSPS) is 13.2. The summed E-state index contributed by atoms with van der Waals surface area (Å²) in [5.41, 5.74) is 4.82. The van der Waals surface area contributed by atoms with Gasteiger partial charge in [0.15, 0.2) is 6.61 Å². The van der Waals surface area contributed by atoms with Crippen LogP contribution in [0.4, 0.5) is 5.69 Å². The highest BCUT2D eigenvalue weighted by molar-refractivity contribution is 5.97. The molecule has 0 saturated carbocycles. The number of rotatable bonds is 10. The molecular formula is C17H26N2O4. The number of nitrogens with two attached hydrogens (primary N) is 1. The van der Waals surface area contributed by atoms with Crippen LogP contribution in [0.15, 0.2) is 24.3 Å². The Hall–Kier alpha value is -2.08. The second-order valence-corrected chi connectivity index (χ2v) is 5.56. The summed E-state index contributed by atoms with van der Waals surface area (Å²) in [6, 6.07) is 6.76. The molecule has 0 aliphatic heterocycles. The van der Waals surface area contributed by atoms with Gasteiger partial charge >= 0.3 is 0 Å². The number of ether oxygens (including phenoxy) is 2. The van der Waals surface area contributed by atoms with Gasteiger partial charge in [-0.25, -0.2) is 0 Å². The van der Waals surface area contributed by atoms with Crippen LogP contribution < -0.4 is 15.8 Å². The summed E-state index contributed by atoms with van der Waals surface area (Å²) in [5.74, 6) is -0.190. The lowest BCUT2D eigenvalue weighted by molar-refractivity contribution is -0.140. The minimum absolute atomic E-state index is 0.168. The largest absolute Gasteiger partial charge is 0.484 e. The smallest absolute Gasteiger partial charge is 0.256 e. The highest BCUT2D eigenvalue weighted by atomic mass is 16.5. The summed E-state index contributed by atoms with van der Waals surface area (Å²) in [5, 5.41) is 2.86. The van der Waals surface area contributed by atoms with Crippen LogP contribution in [0, 0.1) is 0 Å². The quantitative estimate of drug-likeness (QED) is 0.692. The van der Waals surface area contributed by atoms with Crippen molar-refractivity contribution in [1.82, 2.24) is 0 Å². The Labute approximate surface area is 137 Å². The Morgan fingerprint density at radius 2 is 1.83 bits per heavy atom. The van der Waals surface area contributed by atoms with E-state index in [1.54, 1.807) is 24.3 Å². The monoisotopic (exact) mass is 322 g/mol. The summed E-state index contributed by atoms with van der Waals surface area (Å²) in [6.45, 7) is 6.21. The van der Waals surface area contributed by atoms with Gasteiger partial charge in [-0.2, -0.15) is 0 Å². The van der Waals surface area contributed by atoms with Gasteiger partial charge in [-0.05, 0) is 44.0 Å². The fourth-order valence-electron chi connectivity index (χ4n) is 2.11. The molecule has 128 valence electrons. The van der Waals surface area contributed by atoms with Gasteiger partial charge in [0.05, 0.1) is 0 Å². The second kappa shape index (κ2) is 9.15. The topological polar surface area (TPSA) is 90.7 Å². The first-order chi connectivity index (χ1) is 10.9. The molecule has 0 saturated heterocycles. The van der Waals surface area contributed by atoms with E-state index in [4.69, 9.17) is 15.2 Å². The Bertz CT molecular complexity index is 516. The maximum Gasteiger partial charge on any atom is 0.256 e. The van der Waals surface area contributed by atoms with Gasteiger partial charge in [-0.1, -0.05) is 20.3 Å². The predicted molar refractivity (Wildman–Crippen MR) is 89.3 cm³/mol. The highest BCUT2D eigenvalue weighted by Gasteiger charge is 2.33. The Kier molecular flexibility index (Phi) is 7.54. The number of carbonyl (C=O) groups excluding carboxylic acids is 2. The van der Waals surface area contributed by atoms with E-state index < -0.39 is 11.5 Å². The van der Waals surface area contributed by atoms with Crippen molar-refractivity contribution in [2.45, 2.75) is 45.6 Å². The van der Waals surface area contributed by atoms with E-state index in [0.29, 0.717) is 24.5 Å². The molecule has 3 N–H and O–H groups in total. The van der Waals surface area contributed by atoms with E-state index in [1.165, 1.54) is 0 Å². The van der Waals surface area contributed by atoms with Crippen molar-refractivity contribution in [3.8, 4) is 5.75 Å². The molecular weight excluding hydrogens is 296 g/mol. The van der Waals surface area contributed by atoms with Gasteiger partial charge in [-0.3, -0.25) is 9.59 Å². The van der Waals surface area contributed by atoms with Crippen molar-refractivity contribution in [2.75, 3.05) is 18.5 Å². The lowest BCUT2D eigenvalue weighted by Crippen LogP contribution is -2.43. The second-order valence-electron chi connectivity index (χ2n) is 5.56. The molecule has 6 heteroatoms. The summed E-state index contributed by atoms with van der Waals surface area (Å²) in [6.07, 6.45) is 2.37. The third-order valence-corrected chi connectivity index (χ3v) is 3.33. The van der Waals surface area contributed by atoms with Crippen LogP contribution in [0.25, 0.3) is 0 Å². The molecule has 0 heterocycles. The predicted octanol–water partition coefficient (Wildman–Crippen LogP) is 2.47. The molecule has 2 amide bonds. The number of hydrogen-bond donors (Lipinski definition) is 2. The van der Waals surface area contributed by atoms with E-state index in [-0.39, 0.29) is 12.5 Å². The average Bonchev–Trinajstić information content (AvgIpc) is 2.52. The van der Waals surface area contributed by atoms with Crippen LogP contribution in [0.1, 0.15) is 40.0 Å².